The first kappa shape index (κ1) is 16.2. The Balaban J connectivity index is 2.44. The van der Waals surface area contributed by atoms with E-state index in [0.29, 0.717) is 6.04 Å². The van der Waals surface area contributed by atoms with Gasteiger partial charge in [-0.05, 0) is 20.9 Å². The Labute approximate surface area is 120 Å². The third kappa shape index (κ3) is 4.97. The number of aromatic nitrogens is 1. The van der Waals surface area contributed by atoms with Crippen molar-refractivity contribution in [1.29, 1.82) is 0 Å². The summed E-state index contributed by atoms with van der Waals surface area (Å²) in [5.74, 6) is 0.735. The van der Waals surface area contributed by atoms with Gasteiger partial charge in [-0.25, -0.2) is 0 Å². The summed E-state index contributed by atoms with van der Waals surface area (Å²) in [6.45, 7) is 7.22. The monoisotopic (exact) mass is 286 g/mol. The number of ether oxygens (including phenoxy) is 1. The van der Waals surface area contributed by atoms with Gasteiger partial charge in [-0.2, -0.15) is 4.98 Å². The van der Waals surface area contributed by atoms with Gasteiger partial charge >= 0.3 is 0 Å². The molecule has 0 aliphatic rings. The predicted molar refractivity (Wildman–Crippen MR) is 82.5 cm³/mol. The maximum absolute atomic E-state index is 5.31. The third-order valence-electron chi connectivity index (χ3n) is 3.03. The van der Waals surface area contributed by atoms with Gasteiger partial charge in [0.1, 0.15) is 0 Å². The maximum atomic E-state index is 5.31. The van der Waals surface area contributed by atoms with Gasteiger partial charge in [0.2, 0.25) is 5.88 Å². The Morgan fingerprint density at radius 2 is 2.00 bits per heavy atom. The van der Waals surface area contributed by atoms with Gasteiger partial charge in [0.25, 0.3) is 0 Å². The first-order valence-corrected chi connectivity index (χ1v) is 7.39. The van der Waals surface area contributed by atoms with Crippen molar-refractivity contribution in [2.75, 3.05) is 46.2 Å². The molecule has 0 amide bonds. The van der Waals surface area contributed by atoms with Crippen LogP contribution in [0.5, 0.6) is 5.88 Å². The van der Waals surface area contributed by atoms with Gasteiger partial charge in [0.05, 0.1) is 12.0 Å². The van der Waals surface area contributed by atoms with E-state index in [9.17, 15) is 0 Å². The summed E-state index contributed by atoms with van der Waals surface area (Å²) >= 11 is 1.67. The van der Waals surface area contributed by atoms with Crippen LogP contribution < -0.4 is 15.0 Å². The van der Waals surface area contributed by atoms with Gasteiger partial charge in [0.15, 0.2) is 5.13 Å². The molecule has 0 aromatic carbocycles. The van der Waals surface area contributed by atoms with Crippen LogP contribution in [0.25, 0.3) is 0 Å². The summed E-state index contributed by atoms with van der Waals surface area (Å²) in [6.07, 6.45) is 0. The molecule has 1 heterocycles. The highest BCUT2D eigenvalue weighted by Gasteiger charge is 2.12. The van der Waals surface area contributed by atoms with Crippen LogP contribution in [0.15, 0.2) is 0 Å². The van der Waals surface area contributed by atoms with Gasteiger partial charge in [0, 0.05) is 39.8 Å². The fourth-order valence-electron chi connectivity index (χ4n) is 1.50. The minimum absolute atomic E-state index is 0.583. The zero-order valence-corrected chi connectivity index (χ0v) is 13.7. The Hall–Kier alpha value is -0.850. The molecule has 6 heteroatoms. The number of anilines is 1. The molecule has 0 aliphatic heterocycles. The van der Waals surface area contributed by atoms with Crippen LogP contribution in [0.4, 0.5) is 5.13 Å². The maximum Gasteiger partial charge on any atom is 0.230 e. The zero-order chi connectivity index (χ0) is 14.4. The lowest BCUT2D eigenvalue weighted by Gasteiger charge is -2.20. The van der Waals surface area contributed by atoms with E-state index >= 15 is 0 Å². The number of likely N-dealkylation sites (N-methyl/N-ethyl adjacent to an activating group) is 1. The molecule has 0 radical (unpaired) electrons. The van der Waals surface area contributed by atoms with Crippen molar-refractivity contribution < 1.29 is 4.74 Å². The Kier molecular flexibility index (Phi) is 6.54. The van der Waals surface area contributed by atoms with E-state index in [-0.39, 0.29) is 0 Å². The molecular formula is C13H26N4OS. The van der Waals surface area contributed by atoms with Crippen molar-refractivity contribution in [3.8, 4) is 5.88 Å². The van der Waals surface area contributed by atoms with Crippen LogP contribution in [0.3, 0.4) is 0 Å². The van der Waals surface area contributed by atoms with Crippen LogP contribution in [-0.4, -0.2) is 57.3 Å². The van der Waals surface area contributed by atoms with E-state index in [0.717, 1.165) is 35.5 Å². The fraction of sp³-hybridized carbons (Fsp3) is 0.769. The molecule has 1 aromatic heterocycles. The molecule has 1 rings (SSSR count). The number of methoxy groups -OCH3 is 1. The van der Waals surface area contributed by atoms with Crippen LogP contribution in [-0.2, 0) is 6.54 Å². The lowest BCUT2D eigenvalue weighted by molar-refractivity contribution is 0.273. The predicted octanol–water partition coefficient (Wildman–Crippen LogP) is 1.65. The highest BCUT2D eigenvalue weighted by molar-refractivity contribution is 7.15. The second kappa shape index (κ2) is 7.67. The van der Waals surface area contributed by atoms with Crippen molar-refractivity contribution in [2.24, 2.45) is 0 Å². The number of hydrogen-bond acceptors (Lipinski definition) is 6. The topological polar surface area (TPSA) is 40.6 Å². The second-order valence-corrected chi connectivity index (χ2v) is 6.14. The molecule has 0 unspecified atom stereocenters. The first-order chi connectivity index (χ1) is 8.95. The van der Waals surface area contributed by atoms with E-state index in [1.54, 1.807) is 18.4 Å². The fourth-order valence-corrected chi connectivity index (χ4v) is 2.43. The summed E-state index contributed by atoms with van der Waals surface area (Å²) in [4.78, 5) is 9.92. The summed E-state index contributed by atoms with van der Waals surface area (Å²) in [6, 6.07) is 0.583. The SMILES string of the molecule is COc1nc(N(C)C)sc1CNCCN(C)C(C)C. The Bertz CT molecular complexity index is 379. The third-order valence-corrected chi connectivity index (χ3v) is 4.24. The smallest absolute Gasteiger partial charge is 0.230 e. The normalized spacial score (nSPS) is 11.4. The standard InChI is InChI=1S/C13H26N4OS/c1-10(2)17(5)8-7-14-9-11-12(18-6)15-13(19-11)16(3)4/h10,14H,7-9H2,1-6H3. The van der Waals surface area contributed by atoms with Crippen LogP contribution in [0.1, 0.15) is 18.7 Å². The number of rotatable bonds is 8. The van der Waals surface area contributed by atoms with Crippen molar-refractivity contribution in [1.82, 2.24) is 15.2 Å². The average molecular weight is 286 g/mol. The second-order valence-electron chi connectivity index (χ2n) is 5.07. The number of hydrogen-bond donors (Lipinski definition) is 1. The lowest BCUT2D eigenvalue weighted by atomic mass is 10.3. The lowest BCUT2D eigenvalue weighted by Crippen LogP contribution is -2.33. The number of thiazole rings is 1. The zero-order valence-electron chi connectivity index (χ0n) is 12.9. The van der Waals surface area contributed by atoms with Crippen molar-refractivity contribution in [3.63, 3.8) is 0 Å². The minimum atomic E-state index is 0.583. The van der Waals surface area contributed by atoms with E-state index in [4.69, 9.17) is 4.74 Å². The Morgan fingerprint density at radius 1 is 1.32 bits per heavy atom. The summed E-state index contributed by atoms with van der Waals surface area (Å²) in [7, 11) is 7.80. The number of nitrogens with one attached hydrogen (secondary N) is 1. The van der Waals surface area contributed by atoms with Crippen LogP contribution in [0.2, 0.25) is 0 Å². The van der Waals surface area contributed by atoms with E-state index in [1.807, 2.05) is 19.0 Å². The summed E-state index contributed by atoms with van der Waals surface area (Å²) < 4.78 is 5.31. The van der Waals surface area contributed by atoms with Gasteiger partial charge in [-0.3, -0.25) is 0 Å². The molecule has 0 fully saturated rings. The highest BCUT2D eigenvalue weighted by atomic mass is 32.1. The summed E-state index contributed by atoms with van der Waals surface area (Å²) in [5.41, 5.74) is 0. The minimum Gasteiger partial charge on any atom is -0.480 e. The molecule has 5 nitrogen and oxygen atoms in total. The molecule has 0 saturated carbocycles. The molecule has 1 aromatic rings. The molecule has 1 N–H and O–H groups in total. The summed E-state index contributed by atoms with van der Waals surface area (Å²) in [5, 5.41) is 4.42. The molecule has 110 valence electrons. The van der Waals surface area contributed by atoms with Gasteiger partial charge in [-0.15, -0.1) is 0 Å². The first-order valence-electron chi connectivity index (χ1n) is 6.57. The van der Waals surface area contributed by atoms with Gasteiger partial charge in [-0.1, -0.05) is 11.3 Å². The van der Waals surface area contributed by atoms with Crippen molar-refractivity contribution >= 4 is 16.5 Å². The van der Waals surface area contributed by atoms with Crippen LogP contribution in [0, 0.1) is 0 Å². The van der Waals surface area contributed by atoms with Crippen molar-refractivity contribution in [3.05, 3.63) is 4.88 Å². The highest BCUT2D eigenvalue weighted by Crippen LogP contribution is 2.29. The number of nitrogens with zero attached hydrogens (tertiary/aromatic N) is 3. The largest absolute Gasteiger partial charge is 0.480 e. The van der Waals surface area contributed by atoms with E-state index in [2.05, 4.69) is 36.1 Å². The molecular weight excluding hydrogens is 260 g/mol. The van der Waals surface area contributed by atoms with Gasteiger partial charge < -0.3 is 19.9 Å². The van der Waals surface area contributed by atoms with E-state index < -0.39 is 0 Å². The quantitative estimate of drug-likeness (QED) is 0.736. The molecule has 0 aliphatic carbocycles. The molecule has 0 spiro atoms. The van der Waals surface area contributed by atoms with Crippen molar-refractivity contribution in [2.45, 2.75) is 26.4 Å². The molecule has 0 bridgehead atoms. The molecule has 0 atom stereocenters. The average Bonchev–Trinajstić information content (AvgIpc) is 2.77. The molecule has 19 heavy (non-hydrogen) atoms. The van der Waals surface area contributed by atoms with E-state index in [1.165, 1.54) is 0 Å². The van der Waals surface area contributed by atoms with Crippen LogP contribution >= 0.6 is 11.3 Å². The molecule has 0 saturated heterocycles. The Morgan fingerprint density at radius 3 is 2.53 bits per heavy atom.